The summed E-state index contributed by atoms with van der Waals surface area (Å²) in [5, 5.41) is 13.6. The molecule has 11 nitrogen and oxygen atoms in total. The lowest BCUT2D eigenvalue weighted by Crippen LogP contribution is -2.50. The van der Waals surface area contributed by atoms with Crippen LogP contribution < -0.4 is 16.0 Å². The van der Waals surface area contributed by atoms with E-state index >= 15 is 0 Å². The van der Waals surface area contributed by atoms with E-state index in [1.165, 1.54) is 0 Å². The Morgan fingerprint density at radius 1 is 1.05 bits per heavy atom. The van der Waals surface area contributed by atoms with Gasteiger partial charge in [-0.15, -0.1) is 0 Å². The van der Waals surface area contributed by atoms with E-state index in [2.05, 4.69) is 33.0 Å². The fourth-order valence-electron chi connectivity index (χ4n) is 6.92. The molecule has 1 spiro atoms. The van der Waals surface area contributed by atoms with Crippen LogP contribution in [0.1, 0.15) is 86.1 Å². The first-order chi connectivity index (χ1) is 19.8. The quantitative estimate of drug-likeness (QED) is 0.489. The van der Waals surface area contributed by atoms with Gasteiger partial charge in [0.15, 0.2) is 0 Å². The van der Waals surface area contributed by atoms with Crippen LogP contribution in [-0.4, -0.2) is 65.0 Å². The molecule has 1 saturated carbocycles. The van der Waals surface area contributed by atoms with Crippen LogP contribution in [0, 0.1) is 18.8 Å². The molecule has 4 aliphatic rings. The molecular formula is C30H40N6O5. The maximum atomic E-state index is 13.8. The third-order valence-corrected chi connectivity index (χ3v) is 9.43. The van der Waals surface area contributed by atoms with Gasteiger partial charge >= 0.3 is 0 Å². The van der Waals surface area contributed by atoms with Crippen LogP contribution in [0.25, 0.3) is 0 Å². The van der Waals surface area contributed by atoms with Crippen molar-refractivity contribution in [2.75, 3.05) is 37.1 Å². The van der Waals surface area contributed by atoms with Crippen molar-refractivity contribution < 1.29 is 23.9 Å². The summed E-state index contributed by atoms with van der Waals surface area (Å²) >= 11 is 0. The Labute approximate surface area is 240 Å². The molecule has 3 aliphatic heterocycles. The summed E-state index contributed by atoms with van der Waals surface area (Å²) in [6, 6.07) is 2.88. The van der Waals surface area contributed by atoms with Crippen molar-refractivity contribution >= 4 is 29.2 Å². The predicted molar refractivity (Wildman–Crippen MR) is 152 cm³/mol. The van der Waals surface area contributed by atoms with Crippen molar-refractivity contribution in [3.8, 4) is 0 Å². The van der Waals surface area contributed by atoms with Gasteiger partial charge in [0, 0.05) is 44.3 Å². The molecule has 1 atom stereocenters. The van der Waals surface area contributed by atoms with Gasteiger partial charge in [-0.3, -0.25) is 19.1 Å². The summed E-state index contributed by atoms with van der Waals surface area (Å²) in [7, 11) is 0. The second-order valence-electron chi connectivity index (χ2n) is 12.2. The molecule has 2 aromatic heterocycles. The van der Waals surface area contributed by atoms with E-state index in [-0.39, 0.29) is 29.7 Å². The molecule has 0 radical (unpaired) electrons. The number of aryl methyl sites for hydroxylation is 1. The van der Waals surface area contributed by atoms with Crippen LogP contribution in [0.2, 0.25) is 0 Å². The topological polar surface area (TPSA) is 136 Å². The standard InChI is InChI=1S/C30H40N6O5/c1-18-3-5-20(6-4-18)26(34-27(37)24-15-19(2)35-36(24)21-7-11-40-12-8-21)28(38)33-25-16-23-22(17-31-25)30(29(39)32-23)9-13-41-14-10-30/h15-18,20-21,26H,3-14H2,1-2H3,(H,32,39)(H,34,37)(H,31,33,38)/t18-,20-,26-/m0/s1. The normalized spacial score (nSPS) is 24.9. The Hall–Kier alpha value is -3.31. The highest BCUT2D eigenvalue weighted by Gasteiger charge is 2.48. The number of hydrogen-bond donors (Lipinski definition) is 3. The Kier molecular flexibility index (Phi) is 7.82. The van der Waals surface area contributed by atoms with Crippen molar-refractivity contribution in [2.24, 2.45) is 11.8 Å². The molecule has 41 heavy (non-hydrogen) atoms. The first-order valence-electron chi connectivity index (χ1n) is 15.0. The molecule has 1 aliphatic carbocycles. The van der Waals surface area contributed by atoms with Gasteiger partial charge in [0.05, 0.1) is 22.8 Å². The third kappa shape index (κ3) is 5.49. The summed E-state index contributed by atoms with van der Waals surface area (Å²) in [5.74, 6) is 0.317. The maximum Gasteiger partial charge on any atom is 0.270 e. The van der Waals surface area contributed by atoms with Gasteiger partial charge in [-0.25, -0.2) is 4.98 Å². The molecule has 0 aromatic carbocycles. The van der Waals surface area contributed by atoms with E-state index in [0.29, 0.717) is 62.4 Å². The first kappa shape index (κ1) is 27.8. The molecule has 0 bridgehead atoms. The Balaban J connectivity index is 1.22. The number of pyridine rings is 1. The molecule has 2 aromatic rings. The molecule has 6 rings (SSSR count). The number of carbonyl (C=O) groups excluding carboxylic acids is 3. The first-order valence-corrected chi connectivity index (χ1v) is 15.0. The number of hydrogen-bond acceptors (Lipinski definition) is 7. The molecular weight excluding hydrogens is 524 g/mol. The lowest BCUT2D eigenvalue weighted by molar-refractivity contribution is -0.124. The van der Waals surface area contributed by atoms with Gasteiger partial charge in [0.1, 0.15) is 17.6 Å². The number of amides is 3. The highest BCUT2D eigenvalue weighted by atomic mass is 16.5. The highest BCUT2D eigenvalue weighted by Crippen LogP contribution is 2.44. The Morgan fingerprint density at radius 3 is 2.49 bits per heavy atom. The molecule has 3 fully saturated rings. The number of aromatic nitrogens is 3. The largest absolute Gasteiger partial charge is 0.381 e. The Bertz CT molecular complexity index is 1300. The second kappa shape index (κ2) is 11.5. The van der Waals surface area contributed by atoms with Gasteiger partial charge in [0.25, 0.3) is 5.91 Å². The van der Waals surface area contributed by atoms with Crippen molar-refractivity contribution in [3.05, 3.63) is 35.3 Å². The molecule has 3 N–H and O–H groups in total. The van der Waals surface area contributed by atoms with Crippen molar-refractivity contribution in [1.82, 2.24) is 20.1 Å². The lowest BCUT2D eigenvalue weighted by atomic mass is 9.76. The van der Waals surface area contributed by atoms with Crippen molar-refractivity contribution in [1.29, 1.82) is 0 Å². The van der Waals surface area contributed by atoms with Crippen molar-refractivity contribution in [2.45, 2.75) is 82.7 Å². The number of carbonyl (C=O) groups is 3. The maximum absolute atomic E-state index is 13.8. The summed E-state index contributed by atoms with van der Waals surface area (Å²) in [6.45, 7) is 6.44. The smallest absolute Gasteiger partial charge is 0.270 e. The summed E-state index contributed by atoms with van der Waals surface area (Å²) in [4.78, 5) is 45.0. The van der Waals surface area contributed by atoms with E-state index in [1.54, 1.807) is 18.3 Å². The van der Waals surface area contributed by atoms with Gasteiger partial charge in [0.2, 0.25) is 11.8 Å². The van der Waals surface area contributed by atoms with Crippen molar-refractivity contribution in [3.63, 3.8) is 0 Å². The molecule has 2 saturated heterocycles. The molecule has 0 unspecified atom stereocenters. The number of ether oxygens (including phenoxy) is 2. The number of nitrogens with zero attached hydrogens (tertiary/aromatic N) is 3. The zero-order valence-electron chi connectivity index (χ0n) is 23.9. The predicted octanol–water partition coefficient (Wildman–Crippen LogP) is 3.50. The third-order valence-electron chi connectivity index (χ3n) is 9.43. The van der Waals surface area contributed by atoms with E-state index < -0.39 is 11.5 Å². The van der Waals surface area contributed by atoms with E-state index in [9.17, 15) is 14.4 Å². The minimum atomic E-state index is -0.722. The molecule has 11 heteroatoms. The number of nitrogens with one attached hydrogen (secondary N) is 3. The summed E-state index contributed by atoms with van der Waals surface area (Å²) in [6.07, 6.45) is 8.23. The van der Waals surface area contributed by atoms with Gasteiger partial charge in [-0.05, 0) is 63.4 Å². The van der Waals surface area contributed by atoms with Gasteiger partial charge in [-0.1, -0.05) is 19.8 Å². The van der Waals surface area contributed by atoms with Gasteiger partial charge < -0.3 is 25.4 Å². The second-order valence-corrected chi connectivity index (χ2v) is 12.2. The van der Waals surface area contributed by atoms with Crippen LogP contribution in [0.5, 0.6) is 0 Å². The fourth-order valence-corrected chi connectivity index (χ4v) is 6.92. The zero-order valence-corrected chi connectivity index (χ0v) is 23.9. The minimum absolute atomic E-state index is 0.00957. The van der Waals surface area contributed by atoms with E-state index in [1.807, 2.05) is 11.6 Å². The Morgan fingerprint density at radius 2 is 1.76 bits per heavy atom. The van der Waals surface area contributed by atoms with E-state index in [0.717, 1.165) is 49.8 Å². The monoisotopic (exact) mass is 564 g/mol. The van der Waals surface area contributed by atoms with Gasteiger partial charge in [-0.2, -0.15) is 5.10 Å². The van der Waals surface area contributed by atoms with E-state index in [4.69, 9.17) is 9.47 Å². The minimum Gasteiger partial charge on any atom is -0.381 e. The summed E-state index contributed by atoms with van der Waals surface area (Å²) in [5.41, 5.74) is 2.14. The van der Waals surface area contributed by atoms with Crippen LogP contribution in [-0.2, 0) is 24.5 Å². The zero-order chi connectivity index (χ0) is 28.6. The highest BCUT2D eigenvalue weighted by molar-refractivity contribution is 6.07. The molecule has 3 amide bonds. The van der Waals surface area contributed by atoms with Crippen LogP contribution in [0.4, 0.5) is 11.5 Å². The molecule has 5 heterocycles. The van der Waals surface area contributed by atoms with Crippen LogP contribution in [0.3, 0.4) is 0 Å². The number of anilines is 2. The van der Waals surface area contributed by atoms with Crippen LogP contribution in [0.15, 0.2) is 18.3 Å². The van der Waals surface area contributed by atoms with Crippen LogP contribution >= 0.6 is 0 Å². The molecule has 220 valence electrons. The lowest BCUT2D eigenvalue weighted by Gasteiger charge is -2.32. The average molecular weight is 565 g/mol. The number of rotatable bonds is 6. The number of fused-ring (bicyclic) bond motifs is 2. The fraction of sp³-hybridized carbons (Fsp3) is 0.633. The average Bonchev–Trinajstić information content (AvgIpc) is 3.50. The summed E-state index contributed by atoms with van der Waals surface area (Å²) < 4.78 is 12.8. The SMILES string of the molecule is Cc1cc(C(=O)N[C@H](C(=O)Nc2cc3c(cn2)C2(CCOCC2)C(=O)N3)[C@H]2CC[C@H](C)CC2)n(C2CCOCC2)n1.